The van der Waals surface area contributed by atoms with Gasteiger partial charge >= 0.3 is 0 Å². The summed E-state index contributed by atoms with van der Waals surface area (Å²) < 4.78 is 2.07. The monoisotopic (exact) mass is 240 g/mol. The highest BCUT2D eigenvalue weighted by atomic mass is 15.1. The van der Waals surface area contributed by atoms with E-state index in [9.17, 15) is 0 Å². The lowest BCUT2D eigenvalue weighted by molar-refractivity contribution is 0.639. The Balaban J connectivity index is 2.19. The fourth-order valence-corrected chi connectivity index (χ4v) is 1.84. The van der Waals surface area contributed by atoms with Crippen molar-refractivity contribution in [3.63, 3.8) is 0 Å². The van der Waals surface area contributed by atoms with Crippen LogP contribution in [0.3, 0.4) is 0 Å². The van der Waals surface area contributed by atoms with E-state index in [4.69, 9.17) is 5.26 Å². The van der Waals surface area contributed by atoms with E-state index >= 15 is 0 Å². The summed E-state index contributed by atoms with van der Waals surface area (Å²) in [4.78, 5) is 4.32. The van der Waals surface area contributed by atoms with Gasteiger partial charge in [0, 0.05) is 12.4 Å². The molecule has 0 aliphatic heterocycles. The van der Waals surface area contributed by atoms with Crippen LogP contribution < -0.4 is 5.32 Å². The number of nitrogens with zero attached hydrogens (tertiary/aromatic N) is 3. The van der Waals surface area contributed by atoms with Crippen molar-refractivity contribution in [2.75, 3.05) is 6.54 Å². The minimum Gasteiger partial charge on any atom is -0.329 e. The van der Waals surface area contributed by atoms with E-state index in [1.54, 1.807) is 6.20 Å². The molecule has 18 heavy (non-hydrogen) atoms. The van der Waals surface area contributed by atoms with Crippen molar-refractivity contribution in [1.29, 1.82) is 5.26 Å². The molecule has 0 aliphatic rings. The molecule has 1 aromatic carbocycles. The Morgan fingerprint density at radius 2 is 2.22 bits per heavy atom. The van der Waals surface area contributed by atoms with Crippen LogP contribution in [0.1, 0.15) is 23.9 Å². The van der Waals surface area contributed by atoms with Gasteiger partial charge < -0.3 is 9.88 Å². The molecule has 0 fully saturated rings. The summed E-state index contributed by atoms with van der Waals surface area (Å²) in [7, 11) is 0. The van der Waals surface area contributed by atoms with Crippen LogP contribution in [0.5, 0.6) is 0 Å². The van der Waals surface area contributed by atoms with Gasteiger partial charge in [0.1, 0.15) is 5.82 Å². The van der Waals surface area contributed by atoms with Gasteiger partial charge in [-0.3, -0.25) is 0 Å². The fraction of sp³-hybridized carbons (Fsp3) is 0.286. The molecule has 0 saturated carbocycles. The van der Waals surface area contributed by atoms with E-state index in [1.165, 1.54) is 0 Å². The van der Waals surface area contributed by atoms with Crippen LogP contribution in [0.25, 0.3) is 0 Å². The van der Waals surface area contributed by atoms with Gasteiger partial charge in [0.25, 0.3) is 0 Å². The molecule has 1 aromatic heterocycles. The van der Waals surface area contributed by atoms with Gasteiger partial charge in [-0.05, 0) is 18.2 Å². The number of rotatable bonds is 5. The Morgan fingerprint density at radius 1 is 1.39 bits per heavy atom. The highest BCUT2D eigenvalue weighted by Crippen LogP contribution is 2.10. The van der Waals surface area contributed by atoms with Crippen molar-refractivity contribution in [1.82, 2.24) is 14.9 Å². The third-order valence-electron chi connectivity index (χ3n) is 2.81. The van der Waals surface area contributed by atoms with Gasteiger partial charge in [-0.2, -0.15) is 5.26 Å². The predicted octanol–water partition coefficient (Wildman–Crippen LogP) is 1.91. The summed E-state index contributed by atoms with van der Waals surface area (Å²) in [5.74, 6) is 0.990. The van der Waals surface area contributed by atoms with E-state index < -0.39 is 0 Å². The lowest BCUT2D eigenvalue weighted by atomic mass is 10.1. The molecule has 92 valence electrons. The molecule has 2 aromatic rings. The molecule has 0 bridgehead atoms. The summed E-state index contributed by atoms with van der Waals surface area (Å²) >= 11 is 0. The number of benzene rings is 1. The molecule has 0 radical (unpaired) electrons. The van der Waals surface area contributed by atoms with E-state index in [-0.39, 0.29) is 0 Å². The first-order valence-corrected chi connectivity index (χ1v) is 6.04. The van der Waals surface area contributed by atoms with Crippen LogP contribution in [0.15, 0.2) is 36.7 Å². The van der Waals surface area contributed by atoms with E-state index in [2.05, 4.69) is 27.9 Å². The Morgan fingerprint density at radius 3 is 3.00 bits per heavy atom. The van der Waals surface area contributed by atoms with Crippen molar-refractivity contribution in [2.45, 2.75) is 20.0 Å². The smallest absolute Gasteiger partial charge is 0.122 e. The Kier molecular flexibility index (Phi) is 4.11. The summed E-state index contributed by atoms with van der Waals surface area (Å²) in [5.41, 5.74) is 1.75. The summed E-state index contributed by atoms with van der Waals surface area (Å²) in [6.07, 6.45) is 3.74. The largest absolute Gasteiger partial charge is 0.329 e. The standard InChI is InChI=1S/C14H16N4/c1-2-16-10-14-17-7-8-18(14)11-13-6-4-3-5-12(13)9-15/h3-8,16H,2,10-11H2,1H3. The van der Waals surface area contributed by atoms with Gasteiger partial charge in [-0.25, -0.2) is 4.98 Å². The zero-order valence-electron chi connectivity index (χ0n) is 10.4. The van der Waals surface area contributed by atoms with Crippen LogP contribution >= 0.6 is 0 Å². The van der Waals surface area contributed by atoms with E-state index in [0.29, 0.717) is 6.54 Å². The molecule has 0 unspecified atom stereocenters. The fourth-order valence-electron chi connectivity index (χ4n) is 1.84. The van der Waals surface area contributed by atoms with Crippen LogP contribution in [0.4, 0.5) is 0 Å². The predicted molar refractivity (Wildman–Crippen MR) is 69.9 cm³/mol. The summed E-state index contributed by atoms with van der Waals surface area (Å²) in [6, 6.07) is 9.89. The molecule has 0 atom stereocenters. The van der Waals surface area contributed by atoms with Crippen molar-refractivity contribution in [3.8, 4) is 6.07 Å². The Hall–Kier alpha value is -2.12. The maximum atomic E-state index is 9.07. The SMILES string of the molecule is CCNCc1nccn1Cc1ccccc1C#N. The maximum Gasteiger partial charge on any atom is 0.122 e. The zero-order chi connectivity index (χ0) is 12.8. The lowest BCUT2D eigenvalue weighted by Gasteiger charge is -2.09. The number of nitrogens with one attached hydrogen (secondary N) is 1. The molecule has 4 nitrogen and oxygen atoms in total. The van der Waals surface area contributed by atoms with Crippen LogP contribution in [-0.4, -0.2) is 16.1 Å². The molecule has 1 N–H and O–H groups in total. The average molecular weight is 240 g/mol. The average Bonchev–Trinajstić information content (AvgIpc) is 2.84. The first-order valence-electron chi connectivity index (χ1n) is 6.04. The van der Waals surface area contributed by atoms with Crippen molar-refractivity contribution in [2.24, 2.45) is 0 Å². The molecular formula is C14H16N4. The molecule has 4 heteroatoms. The number of nitriles is 1. The van der Waals surface area contributed by atoms with Crippen LogP contribution in [-0.2, 0) is 13.1 Å². The van der Waals surface area contributed by atoms with Crippen molar-refractivity contribution >= 4 is 0 Å². The minimum absolute atomic E-state index is 0.685. The highest BCUT2D eigenvalue weighted by Gasteiger charge is 2.05. The Bertz CT molecular complexity index is 551. The molecule has 0 saturated heterocycles. The number of aromatic nitrogens is 2. The summed E-state index contributed by atoms with van der Waals surface area (Å²) in [6.45, 7) is 4.42. The second-order valence-electron chi connectivity index (χ2n) is 4.02. The first-order chi connectivity index (χ1) is 8.85. The number of imidazole rings is 1. The maximum absolute atomic E-state index is 9.07. The lowest BCUT2D eigenvalue weighted by Crippen LogP contribution is -2.16. The number of hydrogen-bond acceptors (Lipinski definition) is 3. The van der Waals surface area contributed by atoms with Gasteiger partial charge in [0.2, 0.25) is 0 Å². The zero-order valence-corrected chi connectivity index (χ0v) is 10.4. The molecule has 0 aliphatic carbocycles. The van der Waals surface area contributed by atoms with Crippen molar-refractivity contribution < 1.29 is 0 Å². The van der Waals surface area contributed by atoms with Crippen LogP contribution in [0.2, 0.25) is 0 Å². The second kappa shape index (κ2) is 5.99. The second-order valence-corrected chi connectivity index (χ2v) is 4.02. The topological polar surface area (TPSA) is 53.6 Å². The third kappa shape index (κ3) is 2.76. The van der Waals surface area contributed by atoms with Gasteiger partial charge in [0.05, 0.1) is 24.7 Å². The third-order valence-corrected chi connectivity index (χ3v) is 2.81. The van der Waals surface area contributed by atoms with Crippen molar-refractivity contribution in [3.05, 3.63) is 53.6 Å². The van der Waals surface area contributed by atoms with Crippen LogP contribution in [0, 0.1) is 11.3 Å². The first kappa shape index (κ1) is 12.3. The molecule has 1 heterocycles. The van der Waals surface area contributed by atoms with Gasteiger partial charge in [-0.1, -0.05) is 25.1 Å². The Labute approximate surface area is 107 Å². The summed E-state index contributed by atoms with van der Waals surface area (Å²) in [5, 5.41) is 12.3. The minimum atomic E-state index is 0.685. The number of hydrogen-bond donors (Lipinski definition) is 1. The highest BCUT2D eigenvalue weighted by molar-refractivity contribution is 5.37. The van der Waals surface area contributed by atoms with E-state index in [0.717, 1.165) is 30.0 Å². The van der Waals surface area contributed by atoms with Gasteiger partial charge in [0.15, 0.2) is 0 Å². The molecule has 0 amide bonds. The molecule has 0 spiro atoms. The quantitative estimate of drug-likeness (QED) is 0.868. The van der Waals surface area contributed by atoms with Gasteiger partial charge in [-0.15, -0.1) is 0 Å². The normalized spacial score (nSPS) is 10.2. The molecule has 2 rings (SSSR count). The van der Waals surface area contributed by atoms with E-state index in [1.807, 2.05) is 30.5 Å². The molecular weight excluding hydrogens is 224 g/mol.